The molecule has 1 aromatic heterocycles. The largest absolute Gasteiger partial charge is 0.360 e. The van der Waals surface area contributed by atoms with Gasteiger partial charge < -0.3 is 9.88 Å². The van der Waals surface area contributed by atoms with Gasteiger partial charge in [-0.25, -0.2) is 4.39 Å². The smallest absolute Gasteiger partial charge is 0.259 e. The SMILES string of the molecule is O=C(c1c[nH]c2ccc(F)cc2c1=O)N1CCCC2=C[C@H]3C[C@H](CN4CCCC[C@H]34)[C@@H]21. The maximum absolute atomic E-state index is 13.7. The summed E-state index contributed by atoms with van der Waals surface area (Å²) in [5, 5.41) is 0.233. The Labute approximate surface area is 180 Å². The monoisotopic (exact) mass is 421 g/mol. The van der Waals surface area contributed by atoms with Crippen LogP contribution in [-0.4, -0.2) is 52.4 Å². The van der Waals surface area contributed by atoms with Crippen LogP contribution < -0.4 is 5.43 Å². The number of nitrogens with zero attached hydrogens (tertiary/aromatic N) is 2. The van der Waals surface area contributed by atoms with Crippen molar-refractivity contribution in [2.45, 2.75) is 50.6 Å². The van der Waals surface area contributed by atoms with Crippen molar-refractivity contribution in [2.24, 2.45) is 11.8 Å². The Morgan fingerprint density at radius 2 is 2.06 bits per heavy atom. The van der Waals surface area contributed by atoms with Gasteiger partial charge in [0.05, 0.1) is 6.04 Å². The molecular weight excluding hydrogens is 393 g/mol. The molecule has 0 spiro atoms. The second-order valence-corrected chi connectivity index (χ2v) is 9.73. The van der Waals surface area contributed by atoms with Gasteiger partial charge in [-0.3, -0.25) is 14.5 Å². The highest BCUT2D eigenvalue weighted by Gasteiger charge is 2.47. The Morgan fingerprint density at radius 3 is 2.97 bits per heavy atom. The second-order valence-electron chi connectivity index (χ2n) is 9.73. The van der Waals surface area contributed by atoms with Crippen molar-refractivity contribution in [3.05, 3.63) is 57.6 Å². The van der Waals surface area contributed by atoms with E-state index in [4.69, 9.17) is 0 Å². The molecule has 0 radical (unpaired) electrons. The van der Waals surface area contributed by atoms with Crippen LogP contribution in [0.1, 0.15) is 48.9 Å². The summed E-state index contributed by atoms with van der Waals surface area (Å²) in [4.78, 5) is 34.3. The Morgan fingerprint density at radius 1 is 1.16 bits per heavy atom. The van der Waals surface area contributed by atoms with Gasteiger partial charge in [-0.1, -0.05) is 18.1 Å². The lowest BCUT2D eigenvalue weighted by molar-refractivity contribution is 0.00143. The molecule has 1 N–H and O–H groups in total. The van der Waals surface area contributed by atoms with Crippen molar-refractivity contribution >= 4 is 16.8 Å². The minimum absolute atomic E-state index is 0.0861. The number of benzene rings is 1. The number of pyridine rings is 1. The van der Waals surface area contributed by atoms with Gasteiger partial charge in [-0.05, 0) is 68.7 Å². The van der Waals surface area contributed by atoms with Crippen molar-refractivity contribution in [3.8, 4) is 0 Å². The fourth-order valence-corrected chi connectivity index (χ4v) is 6.71. The van der Waals surface area contributed by atoms with Crippen molar-refractivity contribution in [2.75, 3.05) is 19.6 Å². The molecule has 162 valence electrons. The van der Waals surface area contributed by atoms with Gasteiger partial charge in [0.2, 0.25) is 5.43 Å². The Bertz CT molecular complexity index is 1140. The summed E-state index contributed by atoms with van der Waals surface area (Å²) in [6.45, 7) is 2.88. The van der Waals surface area contributed by atoms with Gasteiger partial charge in [-0.2, -0.15) is 0 Å². The molecule has 0 unspecified atom stereocenters. The third-order valence-corrected chi connectivity index (χ3v) is 7.99. The van der Waals surface area contributed by atoms with Gasteiger partial charge in [0, 0.05) is 36.2 Å². The first kappa shape index (κ1) is 19.2. The quantitative estimate of drug-likeness (QED) is 0.715. The highest BCUT2D eigenvalue weighted by atomic mass is 19.1. The molecule has 6 rings (SSSR count). The fraction of sp³-hybridized carbons (Fsp3) is 0.520. The molecule has 3 saturated heterocycles. The zero-order chi connectivity index (χ0) is 21.1. The lowest BCUT2D eigenvalue weighted by Crippen LogP contribution is -2.60. The number of nitrogens with one attached hydrogen (secondary N) is 1. The van der Waals surface area contributed by atoms with Crippen molar-refractivity contribution in [1.82, 2.24) is 14.8 Å². The van der Waals surface area contributed by atoms with E-state index < -0.39 is 5.82 Å². The minimum atomic E-state index is -0.470. The van der Waals surface area contributed by atoms with E-state index >= 15 is 0 Å². The van der Waals surface area contributed by atoms with Crippen molar-refractivity contribution in [3.63, 3.8) is 0 Å². The number of H-pyrrole nitrogens is 1. The number of aromatic amines is 1. The van der Waals surface area contributed by atoms with Crippen LogP contribution >= 0.6 is 0 Å². The number of likely N-dealkylation sites (tertiary alicyclic amines) is 1. The predicted molar refractivity (Wildman–Crippen MR) is 117 cm³/mol. The maximum Gasteiger partial charge on any atom is 0.259 e. The van der Waals surface area contributed by atoms with Crippen LogP contribution in [0.15, 0.2) is 40.8 Å². The third-order valence-electron chi connectivity index (χ3n) is 7.99. The van der Waals surface area contributed by atoms with Gasteiger partial charge in [-0.15, -0.1) is 0 Å². The van der Waals surface area contributed by atoms with Crippen LogP contribution in [0.2, 0.25) is 0 Å². The van der Waals surface area contributed by atoms with Gasteiger partial charge in [0.15, 0.2) is 0 Å². The summed E-state index contributed by atoms with van der Waals surface area (Å²) in [5.41, 5.74) is 1.68. The average Bonchev–Trinajstić information content (AvgIpc) is 2.79. The molecule has 4 heterocycles. The fourth-order valence-electron chi connectivity index (χ4n) is 6.71. The summed E-state index contributed by atoms with van der Waals surface area (Å²) >= 11 is 0. The van der Waals surface area contributed by atoms with E-state index in [1.54, 1.807) is 6.07 Å². The van der Waals surface area contributed by atoms with Crippen LogP contribution in [0, 0.1) is 17.7 Å². The number of halogens is 1. The molecular formula is C25H28FN3O2. The van der Waals surface area contributed by atoms with E-state index in [1.807, 2.05) is 4.90 Å². The van der Waals surface area contributed by atoms with E-state index in [2.05, 4.69) is 16.0 Å². The first-order valence-electron chi connectivity index (χ1n) is 11.7. The summed E-state index contributed by atoms with van der Waals surface area (Å²) < 4.78 is 13.7. The molecule has 6 heteroatoms. The number of piperidine rings is 3. The van der Waals surface area contributed by atoms with Crippen LogP contribution in [0.5, 0.6) is 0 Å². The topological polar surface area (TPSA) is 56.4 Å². The molecule has 1 amide bonds. The molecule has 0 saturated carbocycles. The average molecular weight is 422 g/mol. The number of hydrogen-bond donors (Lipinski definition) is 1. The maximum atomic E-state index is 13.7. The van der Waals surface area contributed by atoms with Crippen LogP contribution in [-0.2, 0) is 0 Å². The highest BCUT2D eigenvalue weighted by Crippen LogP contribution is 2.45. The zero-order valence-corrected chi connectivity index (χ0v) is 17.6. The molecule has 2 aromatic rings. The minimum Gasteiger partial charge on any atom is -0.360 e. The summed E-state index contributed by atoms with van der Waals surface area (Å²) in [6.07, 6.45) is 11.0. The number of amides is 1. The molecule has 4 aliphatic rings. The number of hydrogen-bond acceptors (Lipinski definition) is 3. The van der Waals surface area contributed by atoms with E-state index in [-0.39, 0.29) is 28.3 Å². The second kappa shape index (κ2) is 7.30. The van der Waals surface area contributed by atoms with Crippen LogP contribution in [0.3, 0.4) is 0 Å². The molecule has 2 bridgehead atoms. The van der Waals surface area contributed by atoms with Crippen molar-refractivity contribution < 1.29 is 9.18 Å². The standard InChI is InChI=1S/C25H28FN3O2/c26-18-6-7-21-19(12-18)24(30)20(13-27-21)25(31)29-9-3-4-15-10-16-11-17(23(15)29)14-28-8-2-1-5-22(16)28/h6-7,10,12-13,16-17,22-23H,1-5,8-9,11,14H2,(H,27,30)/t16-,17+,22+,23+/m0/s1. The summed E-state index contributed by atoms with van der Waals surface area (Å²) in [5.74, 6) is 0.345. The van der Waals surface area contributed by atoms with Gasteiger partial charge in [0.1, 0.15) is 11.4 Å². The first-order valence-corrected chi connectivity index (χ1v) is 11.7. The summed E-state index contributed by atoms with van der Waals surface area (Å²) in [7, 11) is 0. The van der Waals surface area contributed by atoms with E-state index in [0.29, 0.717) is 29.9 Å². The lowest BCUT2D eigenvalue weighted by Gasteiger charge is -2.54. The van der Waals surface area contributed by atoms with Gasteiger partial charge >= 0.3 is 0 Å². The number of carbonyl (C=O) groups is 1. The number of carbonyl (C=O) groups excluding carboxylic acids is 1. The Kier molecular flexibility index (Phi) is 4.53. The predicted octanol–water partition coefficient (Wildman–Crippen LogP) is 3.70. The number of aromatic nitrogens is 1. The van der Waals surface area contributed by atoms with Crippen LogP contribution in [0.25, 0.3) is 10.9 Å². The first-order chi connectivity index (χ1) is 15.1. The zero-order valence-electron chi connectivity index (χ0n) is 17.6. The number of fused-ring (bicyclic) bond motifs is 7. The van der Waals surface area contributed by atoms with E-state index in [9.17, 15) is 14.0 Å². The summed E-state index contributed by atoms with van der Waals surface area (Å²) in [6, 6.07) is 4.83. The molecule has 1 aliphatic carbocycles. The molecule has 31 heavy (non-hydrogen) atoms. The molecule has 3 fully saturated rings. The molecule has 4 atom stereocenters. The van der Waals surface area contributed by atoms with Crippen molar-refractivity contribution in [1.29, 1.82) is 0 Å². The van der Waals surface area contributed by atoms with E-state index in [1.165, 1.54) is 43.2 Å². The highest BCUT2D eigenvalue weighted by molar-refractivity contribution is 5.97. The molecule has 1 aromatic carbocycles. The van der Waals surface area contributed by atoms with Crippen LogP contribution in [0.4, 0.5) is 4.39 Å². The Balaban J connectivity index is 1.37. The third kappa shape index (κ3) is 3.06. The Hall–Kier alpha value is -2.47. The van der Waals surface area contributed by atoms with Gasteiger partial charge in [0.25, 0.3) is 5.91 Å². The normalized spacial score (nSPS) is 30.5. The lowest BCUT2D eigenvalue weighted by atomic mass is 9.68. The molecule has 5 nitrogen and oxygen atoms in total. The number of rotatable bonds is 1. The van der Waals surface area contributed by atoms with E-state index in [0.717, 1.165) is 32.4 Å². The molecule has 3 aliphatic heterocycles.